The first-order valence-corrected chi connectivity index (χ1v) is 5.34. The zero-order valence-electron chi connectivity index (χ0n) is 9.35. The number of nitrogens with zero attached hydrogens (tertiary/aromatic N) is 1. The Kier molecular flexibility index (Phi) is 4.35. The van der Waals surface area contributed by atoms with Crippen molar-refractivity contribution in [1.82, 2.24) is 4.90 Å². The average molecular weight is 216 g/mol. The highest BCUT2D eigenvalue weighted by atomic mass is 16.6. The summed E-state index contributed by atoms with van der Waals surface area (Å²) >= 11 is 0. The van der Waals surface area contributed by atoms with Gasteiger partial charge in [-0.25, -0.2) is 4.79 Å². The fourth-order valence-corrected chi connectivity index (χ4v) is 1.56. The van der Waals surface area contributed by atoms with Crippen molar-refractivity contribution >= 4 is 6.09 Å². The molecule has 15 heavy (non-hydrogen) atoms. The molecule has 1 heterocycles. The second-order valence-electron chi connectivity index (χ2n) is 4.44. The maximum Gasteiger partial charge on any atom is 0.409 e. The Bertz CT molecular complexity index is 221. The van der Waals surface area contributed by atoms with E-state index in [0.717, 1.165) is 0 Å². The van der Waals surface area contributed by atoms with Crippen LogP contribution in [0.25, 0.3) is 0 Å². The molecule has 5 nitrogen and oxygen atoms in total. The summed E-state index contributed by atoms with van der Waals surface area (Å²) in [6, 6.07) is 0. The van der Waals surface area contributed by atoms with Crippen LogP contribution in [0.3, 0.4) is 0 Å². The monoisotopic (exact) mass is 216 g/mol. The Labute approximate surface area is 90.2 Å². The topological polar surface area (TPSA) is 75.8 Å². The molecule has 0 aromatic carbocycles. The van der Waals surface area contributed by atoms with Crippen LogP contribution < -0.4 is 5.73 Å². The van der Waals surface area contributed by atoms with Crippen LogP contribution in [-0.2, 0) is 4.74 Å². The van der Waals surface area contributed by atoms with E-state index in [4.69, 9.17) is 10.5 Å². The third kappa shape index (κ3) is 3.35. The van der Waals surface area contributed by atoms with Crippen molar-refractivity contribution in [3.05, 3.63) is 0 Å². The van der Waals surface area contributed by atoms with Gasteiger partial charge in [-0.05, 0) is 12.5 Å². The molecule has 5 heteroatoms. The summed E-state index contributed by atoms with van der Waals surface area (Å²) in [4.78, 5) is 13.0. The molecule has 0 aromatic heterocycles. The van der Waals surface area contributed by atoms with Crippen LogP contribution in [0.5, 0.6) is 0 Å². The van der Waals surface area contributed by atoms with E-state index in [1.807, 2.05) is 13.8 Å². The number of hydrogen-bond acceptors (Lipinski definition) is 4. The Morgan fingerprint density at radius 3 is 2.73 bits per heavy atom. The molecule has 0 spiro atoms. The van der Waals surface area contributed by atoms with Gasteiger partial charge in [0.25, 0.3) is 0 Å². The number of β-amino-alcohol motifs (C(OH)–C–C–N with tert-alkyl or cyclic N) is 1. The highest BCUT2D eigenvalue weighted by Crippen LogP contribution is 2.16. The van der Waals surface area contributed by atoms with E-state index in [0.29, 0.717) is 32.2 Å². The first-order valence-electron chi connectivity index (χ1n) is 5.34. The molecule has 0 saturated carbocycles. The summed E-state index contributed by atoms with van der Waals surface area (Å²) in [5, 5.41) is 9.56. The van der Waals surface area contributed by atoms with Gasteiger partial charge < -0.3 is 20.5 Å². The number of amides is 1. The summed E-state index contributed by atoms with van der Waals surface area (Å²) in [6.07, 6.45) is -0.861. The molecule has 1 saturated heterocycles. The highest BCUT2D eigenvalue weighted by Gasteiger charge is 2.33. The first-order chi connectivity index (χ1) is 7.04. The zero-order chi connectivity index (χ0) is 11.4. The molecule has 3 N–H and O–H groups in total. The first kappa shape index (κ1) is 12.3. The maximum atomic E-state index is 11.5. The number of hydrogen-bond donors (Lipinski definition) is 2. The van der Waals surface area contributed by atoms with Gasteiger partial charge in [-0.2, -0.15) is 0 Å². The van der Waals surface area contributed by atoms with Gasteiger partial charge in [0.1, 0.15) is 0 Å². The summed E-state index contributed by atoms with van der Waals surface area (Å²) < 4.78 is 5.06. The fourth-order valence-electron chi connectivity index (χ4n) is 1.56. The van der Waals surface area contributed by atoms with Gasteiger partial charge in [0, 0.05) is 12.5 Å². The van der Waals surface area contributed by atoms with Crippen LogP contribution in [-0.4, -0.2) is 48.4 Å². The van der Waals surface area contributed by atoms with Crippen molar-refractivity contribution in [2.45, 2.75) is 20.0 Å². The van der Waals surface area contributed by atoms with Gasteiger partial charge >= 0.3 is 6.09 Å². The number of rotatable bonds is 3. The summed E-state index contributed by atoms with van der Waals surface area (Å²) in [5.74, 6) is 0.309. The van der Waals surface area contributed by atoms with Gasteiger partial charge in [-0.1, -0.05) is 13.8 Å². The Morgan fingerprint density at radius 1 is 1.60 bits per heavy atom. The number of ether oxygens (including phenoxy) is 1. The van der Waals surface area contributed by atoms with Crippen LogP contribution in [0.2, 0.25) is 0 Å². The van der Waals surface area contributed by atoms with E-state index in [1.54, 1.807) is 0 Å². The second kappa shape index (κ2) is 5.32. The van der Waals surface area contributed by atoms with Crippen LogP contribution in [0.4, 0.5) is 4.79 Å². The zero-order valence-corrected chi connectivity index (χ0v) is 9.35. The van der Waals surface area contributed by atoms with Crippen molar-refractivity contribution in [2.24, 2.45) is 17.6 Å². The van der Waals surface area contributed by atoms with E-state index in [2.05, 4.69) is 0 Å². The third-order valence-corrected chi connectivity index (χ3v) is 2.51. The molecule has 1 rings (SSSR count). The minimum atomic E-state index is -0.512. The SMILES string of the molecule is CC(C)COC(=O)N1CC(O)C(CN)C1. The highest BCUT2D eigenvalue weighted by molar-refractivity contribution is 5.68. The lowest BCUT2D eigenvalue weighted by Crippen LogP contribution is -2.31. The van der Waals surface area contributed by atoms with Crippen molar-refractivity contribution < 1.29 is 14.6 Å². The molecule has 1 amide bonds. The van der Waals surface area contributed by atoms with E-state index >= 15 is 0 Å². The predicted octanol–water partition coefficient (Wildman–Crippen LogP) is 0.0304. The quantitative estimate of drug-likeness (QED) is 0.698. The van der Waals surface area contributed by atoms with Crippen molar-refractivity contribution in [3.63, 3.8) is 0 Å². The number of carbonyl (C=O) groups excluding carboxylic acids is 1. The fraction of sp³-hybridized carbons (Fsp3) is 0.900. The molecule has 0 aromatic rings. The van der Waals surface area contributed by atoms with Crippen LogP contribution in [0.1, 0.15) is 13.8 Å². The van der Waals surface area contributed by atoms with Crippen molar-refractivity contribution in [2.75, 3.05) is 26.2 Å². The summed E-state index contributed by atoms with van der Waals surface area (Å²) in [6.45, 7) is 5.60. The number of nitrogens with two attached hydrogens (primary N) is 1. The molecule has 0 aliphatic carbocycles. The van der Waals surface area contributed by atoms with Gasteiger partial charge in [0.05, 0.1) is 19.3 Å². The van der Waals surface area contributed by atoms with E-state index in [-0.39, 0.29) is 12.0 Å². The predicted molar refractivity (Wildman–Crippen MR) is 56.3 cm³/mol. The van der Waals surface area contributed by atoms with Gasteiger partial charge in [0.2, 0.25) is 0 Å². The molecule has 2 atom stereocenters. The van der Waals surface area contributed by atoms with Crippen LogP contribution in [0, 0.1) is 11.8 Å². The normalized spacial score (nSPS) is 26.1. The van der Waals surface area contributed by atoms with Crippen LogP contribution >= 0.6 is 0 Å². The van der Waals surface area contributed by atoms with Gasteiger partial charge in [-0.15, -0.1) is 0 Å². The molecule has 1 fully saturated rings. The second-order valence-corrected chi connectivity index (χ2v) is 4.44. The molecule has 1 aliphatic rings. The van der Waals surface area contributed by atoms with E-state index < -0.39 is 6.10 Å². The number of likely N-dealkylation sites (tertiary alicyclic amines) is 1. The molecule has 1 aliphatic heterocycles. The summed E-state index contributed by atoms with van der Waals surface area (Å²) in [5.41, 5.74) is 5.47. The van der Waals surface area contributed by atoms with Crippen molar-refractivity contribution in [1.29, 1.82) is 0 Å². The molecule has 88 valence electrons. The molecule has 2 unspecified atom stereocenters. The lowest BCUT2D eigenvalue weighted by atomic mass is 10.1. The number of aliphatic hydroxyl groups excluding tert-OH is 1. The Morgan fingerprint density at radius 2 is 2.27 bits per heavy atom. The van der Waals surface area contributed by atoms with Gasteiger partial charge in [0.15, 0.2) is 0 Å². The minimum Gasteiger partial charge on any atom is -0.449 e. The standard InChI is InChI=1S/C10H20N2O3/c1-7(2)6-15-10(14)12-4-8(3-11)9(13)5-12/h7-9,13H,3-6,11H2,1-2H3. The number of carbonyl (C=O) groups is 1. The number of aliphatic hydroxyl groups is 1. The van der Waals surface area contributed by atoms with Crippen LogP contribution in [0.15, 0.2) is 0 Å². The van der Waals surface area contributed by atoms with Gasteiger partial charge in [-0.3, -0.25) is 0 Å². The molecular weight excluding hydrogens is 196 g/mol. The lowest BCUT2D eigenvalue weighted by molar-refractivity contribution is 0.0929. The minimum absolute atomic E-state index is 0.0170. The maximum absolute atomic E-state index is 11.5. The Hall–Kier alpha value is -0.810. The lowest BCUT2D eigenvalue weighted by Gasteiger charge is -2.16. The van der Waals surface area contributed by atoms with Crippen molar-refractivity contribution in [3.8, 4) is 0 Å². The summed E-state index contributed by atoms with van der Waals surface area (Å²) in [7, 11) is 0. The largest absolute Gasteiger partial charge is 0.449 e. The molecule has 0 radical (unpaired) electrons. The smallest absolute Gasteiger partial charge is 0.409 e. The van der Waals surface area contributed by atoms with E-state index in [9.17, 15) is 9.90 Å². The third-order valence-electron chi connectivity index (χ3n) is 2.51. The Balaban J connectivity index is 2.36. The molecule has 0 bridgehead atoms. The van der Waals surface area contributed by atoms with E-state index in [1.165, 1.54) is 4.90 Å². The average Bonchev–Trinajstić information content (AvgIpc) is 2.56. The molecular formula is C10H20N2O3.